The summed E-state index contributed by atoms with van der Waals surface area (Å²) in [6, 6.07) is 0. The second-order valence-electron chi connectivity index (χ2n) is 2.69. The van der Waals surface area contributed by atoms with Gasteiger partial charge in [-0.1, -0.05) is 0 Å². The Hall–Kier alpha value is -0.350. The van der Waals surface area contributed by atoms with Crippen LogP contribution in [0.3, 0.4) is 0 Å². The Morgan fingerprint density at radius 3 is 3.45 bits per heavy atom. The Morgan fingerprint density at radius 1 is 1.64 bits per heavy atom. The van der Waals surface area contributed by atoms with Crippen LogP contribution in [0.1, 0.15) is 12.1 Å². The van der Waals surface area contributed by atoms with Gasteiger partial charge in [0.05, 0.1) is 16.4 Å². The summed E-state index contributed by atoms with van der Waals surface area (Å²) in [7, 11) is 0. The van der Waals surface area contributed by atoms with Crippen molar-refractivity contribution in [2.45, 2.75) is 19.5 Å². The van der Waals surface area contributed by atoms with Crippen LogP contribution in [0, 0.1) is 0 Å². The predicted molar refractivity (Wildman–Crippen MR) is 46.3 cm³/mol. The third-order valence-corrected chi connectivity index (χ3v) is 2.58. The molecule has 0 unspecified atom stereocenters. The van der Waals surface area contributed by atoms with E-state index in [1.807, 2.05) is 6.20 Å². The number of fused-ring (bicyclic) bond motifs is 1. The molecule has 3 nitrogen and oxygen atoms in total. The van der Waals surface area contributed by atoms with E-state index >= 15 is 0 Å². The zero-order valence-electron chi connectivity index (χ0n) is 6.18. The van der Waals surface area contributed by atoms with Gasteiger partial charge in [0.25, 0.3) is 0 Å². The summed E-state index contributed by atoms with van der Waals surface area (Å²) in [5.41, 5.74) is 1.27. The lowest BCUT2D eigenvalue weighted by atomic mass is 10.4. The van der Waals surface area contributed by atoms with Crippen molar-refractivity contribution in [1.29, 1.82) is 0 Å². The second-order valence-corrected chi connectivity index (χ2v) is 3.55. The van der Waals surface area contributed by atoms with E-state index in [9.17, 15) is 0 Å². The molecule has 0 radical (unpaired) electrons. The molecule has 0 fully saturated rings. The number of nitrogens with one attached hydrogen (secondary N) is 1. The predicted octanol–water partition coefficient (Wildman–Crippen LogP) is 1.14. The van der Waals surface area contributed by atoms with Gasteiger partial charge in [0.15, 0.2) is 0 Å². The van der Waals surface area contributed by atoms with E-state index in [0.717, 1.165) is 24.1 Å². The molecule has 0 spiro atoms. The highest BCUT2D eigenvalue weighted by Crippen LogP contribution is 2.17. The van der Waals surface area contributed by atoms with Gasteiger partial charge in [-0.2, -0.15) is 5.10 Å². The van der Waals surface area contributed by atoms with E-state index in [4.69, 9.17) is 0 Å². The molecule has 1 N–H and O–H groups in total. The number of halogens is 1. The first-order valence-corrected chi connectivity index (χ1v) is 4.58. The van der Waals surface area contributed by atoms with Crippen LogP contribution >= 0.6 is 15.9 Å². The van der Waals surface area contributed by atoms with Crippen LogP contribution in [0.5, 0.6) is 0 Å². The standard InChI is InChI=1S/C7H10BrN3/c8-6-4-10-11-3-1-2-9-5-7(6)11/h4,9H,1-3,5H2. The van der Waals surface area contributed by atoms with Gasteiger partial charge < -0.3 is 5.32 Å². The first-order valence-electron chi connectivity index (χ1n) is 3.79. The Balaban J connectivity index is 2.35. The summed E-state index contributed by atoms with van der Waals surface area (Å²) in [4.78, 5) is 0. The van der Waals surface area contributed by atoms with Gasteiger partial charge in [0.1, 0.15) is 0 Å². The van der Waals surface area contributed by atoms with Gasteiger partial charge in [-0.25, -0.2) is 0 Å². The quantitative estimate of drug-likeness (QED) is 0.704. The minimum Gasteiger partial charge on any atom is -0.311 e. The van der Waals surface area contributed by atoms with Gasteiger partial charge in [-0.15, -0.1) is 0 Å². The van der Waals surface area contributed by atoms with Crippen LogP contribution in [0.25, 0.3) is 0 Å². The molecule has 0 atom stereocenters. The number of hydrogen-bond donors (Lipinski definition) is 1. The number of aromatic nitrogens is 2. The third-order valence-electron chi connectivity index (χ3n) is 1.91. The lowest BCUT2D eigenvalue weighted by molar-refractivity contribution is 0.587. The Bertz CT molecular complexity index is 256. The van der Waals surface area contributed by atoms with Gasteiger partial charge in [-0.05, 0) is 28.9 Å². The van der Waals surface area contributed by atoms with Crippen LogP contribution in [0.4, 0.5) is 0 Å². The van der Waals surface area contributed by atoms with E-state index in [1.54, 1.807) is 0 Å². The second kappa shape index (κ2) is 2.95. The lowest BCUT2D eigenvalue weighted by Gasteiger charge is -2.00. The maximum Gasteiger partial charge on any atom is 0.0664 e. The minimum absolute atomic E-state index is 0.931. The zero-order chi connectivity index (χ0) is 7.68. The molecule has 1 aromatic rings. The van der Waals surface area contributed by atoms with Crippen molar-refractivity contribution >= 4 is 15.9 Å². The normalized spacial score (nSPS) is 17.5. The Morgan fingerprint density at radius 2 is 2.55 bits per heavy atom. The zero-order valence-corrected chi connectivity index (χ0v) is 7.76. The van der Waals surface area contributed by atoms with E-state index in [1.165, 1.54) is 12.1 Å². The topological polar surface area (TPSA) is 29.9 Å². The molecule has 2 rings (SSSR count). The number of nitrogens with zero attached hydrogens (tertiary/aromatic N) is 2. The SMILES string of the molecule is Brc1cnn2c1CNCCC2. The molecule has 1 aromatic heterocycles. The minimum atomic E-state index is 0.931. The summed E-state index contributed by atoms with van der Waals surface area (Å²) in [6.07, 6.45) is 3.03. The van der Waals surface area contributed by atoms with Crippen LogP contribution in [0.15, 0.2) is 10.7 Å². The lowest BCUT2D eigenvalue weighted by Crippen LogP contribution is -2.12. The van der Waals surface area contributed by atoms with Crippen LogP contribution in [-0.4, -0.2) is 16.3 Å². The fourth-order valence-corrected chi connectivity index (χ4v) is 1.75. The summed E-state index contributed by atoms with van der Waals surface area (Å²) in [5, 5.41) is 7.59. The van der Waals surface area contributed by atoms with E-state index in [0.29, 0.717) is 0 Å². The molecule has 1 aliphatic heterocycles. The molecule has 0 saturated carbocycles. The van der Waals surface area contributed by atoms with Crippen molar-refractivity contribution < 1.29 is 0 Å². The highest BCUT2D eigenvalue weighted by atomic mass is 79.9. The molecule has 60 valence electrons. The fourth-order valence-electron chi connectivity index (χ4n) is 1.32. The molecule has 0 aromatic carbocycles. The van der Waals surface area contributed by atoms with Crippen molar-refractivity contribution in [2.75, 3.05) is 6.54 Å². The van der Waals surface area contributed by atoms with Crippen molar-refractivity contribution in [1.82, 2.24) is 15.1 Å². The van der Waals surface area contributed by atoms with Crippen molar-refractivity contribution in [2.24, 2.45) is 0 Å². The third kappa shape index (κ3) is 1.32. The maximum absolute atomic E-state index is 4.25. The van der Waals surface area contributed by atoms with E-state index in [2.05, 4.69) is 31.0 Å². The molecule has 0 aliphatic carbocycles. The van der Waals surface area contributed by atoms with Gasteiger partial charge >= 0.3 is 0 Å². The molecular formula is C7H10BrN3. The van der Waals surface area contributed by atoms with Gasteiger partial charge in [-0.3, -0.25) is 4.68 Å². The molecular weight excluding hydrogens is 206 g/mol. The van der Waals surface area contributed by atoms with Crippen molar-refractivity contribution in [3.05, 3.63) is 16.4 Å². The van der Waals surface area contributed by atoms with Crippen molar-refractivity contribution in [3.63, 3.8) is 0 Å². The summed E-state index contributed by atoms with van der Waals surface area (Å²) >= 11 is 3.46. The fraction of sp³-hybridized carbons (Fsp3) is 0.571. The van der Waals surface area contributed by atoms with E-state index < -0.39 is 0 Å². The summed E-state index contributed by atoms with van der Waals surface area (Å²) < 4.78 is 3.18. The number of aryl methyl sites for hydroxylation is 1. The molecule has 2 heterocycles. The van der Waals surface area contributed by atoms with E-state index in [-0.39, 0.29) is 0 Å². The molecule has 11 heavy (non-hydrogen) atoms. The Kier molecular flexibility index (Phi) is 1.96. The number of rotatable bonds is 0. The van der Waals surface area contributed by atoms with Gasteiger partial charge in [0, 0.05) is 13.1 Å². The summed E-state index contributed by atoms with van der Waals surface area (Å²) in [6.45, 7) is 3.06. The average Bonchev–Trinajstić information content (AvgIpc) is 2.25. The first-order chi connectivity index (χ1) is 5.38. The molecule has 0 amide bonds. The first kappa shape index (κ1) is 7.31. The number of hydrogen-bond acceptors (Lipinski definition) is 2. The Labute approximate surface area is 73.9 Å². The van der Waals surface area contributed by atoms with Crippen LogP contribution in [-0.2, 0) is 13.1 Å². The van der Waals surface area contributed by atoms with Crippen LogP contribution in [0.2, 0.25) is 0 Å². The monoisotopic (exact) mass is 215 g/mol. The molecule has 0 saturated heterocycles. The van der Waals surface area contributed by atoms with Crippen molar-refractivity contribution in [3.8, 4) is 0 Å². The largest absolute Gasteiger partial charge is 0.311 e. The highest BCUT2D eigenvalue weighted by molar-refractivity contribution is 9.10. The summed E-state index contributed by atoms with van der Waals surface area (Å²) in [5.74, 6) is 0. The molecule has 4 heteroatoms. The molecule has 1 aliphatic rings. The average molecular weight is 216 g/mol. The van der Waals surface area contributed by atoms with Gasteiger partial charge in [0.2, 0.25) is 0 Å². The molecule has 0 bridgehead atoms. The highest BCUT2D eigenvalue weighted by Gasteiger charge is 2.10. The maximum atomic E-state index is 4.25. The van der Waals surface area contributed by atoms with Crippen LogP contribution < -0.4 is 5.32 Å². The smallest absolute Gasteiger partial charge is 0.0664 e.